The monoisotopic (exact) mass is 232 g/mol. The summed E-state index contributed by atoms with van der Waals surface area (Å²) in [7, 11) is 0. The Hall–Kier alpha value is -0.930. The van der Waals surface area contributed by atoms with Crippen molar-refractivity contribution in [3.05, 3.63) is 28.2 Å². The van der Waals surface area contributed by atoms with Crippen LogP contribution in [0.25, 0.3) is 0 Å². The maximum atomic E-state index is 6.99. The average Bonchev–Trinajstić information content (AvgIpc) is 2.12. The van der Waals surface area contributed by atoms with Gasteiger partial charge in [-0.3, -0.25) is 5.41 Å². The van der Waals surface area contributed by atoms with Crippen LogP contribution in [0.15, 0.2) is 18.2 Å². The molecule has 5 heteroatoms. The van der Waals surface area contributed by atoms with Crippen molar-refractivity contribution < 1.29 is 4.74 Å². The summed E-state index contributed by atoms with van der Waals surface area (Å²) in [5.41, 5.74) is 5.17. The van der Waals surface area contributed by atoms with Crippen molar-refractivity contribution in [1.82, 2.24) is 0 Å². The SMILES string of the molecule is N=C(N)CCOc1cccc(Cl)c1Cl. The van der Waals surface area contributed by atoms with Crippen molar-refractivity contribution in [2.75, 3.05) is 6.61 Å². The fraction of sp³-hybridized carbons (Fsp3) is 0.222. The molecular formula is C9H10Cl2N2O. The number of amidine groups is 1. The molecule has 1 aromatic carbocycles. The van der Waals surface area contributed by atoms with Crippen molar-refractivity contribution in [2.45, 2.75) is 6.42 Å². The van der Waals surface area contributed by atoms with E-state index in [1.807, 2.05) is 0 Å². The number of hydrogen-bond donors (Lipinski definition) is 2. The van der Waals surface area contributed by atoms with Crippen LogP contribution in [-0.2, 0) is 0 Å². The third-order valence-corrected chi connectivity index (χ3v) is 2.35. The quantitative estimate of drug-likeness (QED) is 0.620. The standard InChI is InChI=1S/C9H10Cl2N2O/c10-6-2-1-3-7(9(6)11)14-5-4-8(12)13/h1-3H,4-5H2,(H3,12,13). The van der Waals surface area contributed by atoms with Gasteiger partial charge in [0.1, 0.15) is 10.8 Å². The highest BCUT2D eigenvalue weighted by molar-refractivity contribution is 6.42. The number of hydrogen-bond acceptors (Lipinski definition) is 2. The van der Waals surface area contributed by atoms with Crippen LogP contribution < -0.4 is 10.5 Å². The molecule has 0 fully saturated rings. The normalized spacial score (nSPS) is 9.86. The lowest BCUT2D eigenvalue weighted by atomic mass is 10.3. The molecule has 14 heavy (non-hydrogen) atoms. The van der Waals surface area contributed by atoms with Gasteiger partial charge in [-0.2, -0.15) is 0 Å². The zero-order valence-electron chi connectivity index (χ0n) is 7.39. The summed E-state index contributed by atoms with van der Waals surface area (Å²) in [5.74, 6) is 0.601. The fourth-order valence-electron chi connectivity index (χ4n) is 0.866. The highest BCUT2D eigenvalue weighted by Crippen LogP contribution is 2.31. The molecule has 0 aliphatic carbocycles. The Morgan fingerprint density at radius 1 is 1.43 bits per heavy atom. The molecule has 0 spiro atoms. The molecule has 0 amide bonds. The molecule has 1 aromatic rings. The van der Waals surface area contributed by atoms with E-state index in [1.54, 1.807) is 18.2 Å². The van der Waals surface area contributed by atoms with Gasteiger partial charge in [-0.25, -0.2) is 0 Å². The molecule has 0 bridgehead atoms. The maximum Gasteiger partial charge on any atom is 0.139 e. The van der Waals surface area contributed by atoms with E-state index in [4.69, 9.17) is 39.1 Å². The zero-order chi connectivity index (χ0) is 10.6. The molecule has 76 valence electrons. The van der Waals surface area contributed by atoms with Gasteiger partial charge in [-0.15, -0.1) is 0 Å². The summed E-state index contributed by atoms with van der Waals surface area (Å²) in [4.78, 5) is 0. The minimum Gasteiger partial charge on any atom is -0.492 e. The first-order chi connectivity index (χ1) is 6.61. The van der Waals surface area contributed by atoms with Gasteiger partial charge in [-0.1, -0.05) is 29.3 Å². The molecule has 0 aliphatic heterocycles. The lowest BCUT2D eigenvalue weighted by Gasteiger charge is -2.07. The van der Waals surface area contributed by atoms with Crippen molar-refractivity contribution in [3.8, 4) is 5.75 Å². The third-order valence-electron chi connectivity index (χ3n) is 1.55. The Kier molecular flexibility index (Phi) is 4.04. The molecule has 3 nitrogen and oxygen atoms in total. The lowest BCUT2D eigenvalue weighted by Crippen LogP contribution is -2.13. The van der Waals surface area contributed by atoms with E-state index in [0.29, 0.717) is 28.8 Å². The largest absolute Gasteiger partial charge is 0.492 e. The first kappa shape index (κ1) is 11.1. The summed E-state index contributed by atoms with van der Waals surface area (Å²) < 4.78 is 5.29. The van der Waals surface area contributed by atoms with Crippen molar-refractivity contribution in [2.24, 2.45) is 5.73 Å². The second-order valence-corrected chi connectivity index (χ2v) is 3.46. The molecule has 0 atom stereocenters. The van der Waals surface area contributed by atoms with E-state index >= 15 is 0 Å². The molecular weight excluding hydrogens is 223 g/mol. The lowest BCUT2D eigenvalue weighted by molar-refractivity contribution is 0.329. The van der Waals surface area contributed by atoms with E-state index in [1.165, 1.54) is 0 Å². The molecule has 0 aromatic heterocycles. The van der Waals surface area contributed by atoms with Crippen LogP contribution in [0.2, 0.25) is 10.0 Å². The van der Waals surface area contributed by atoms with Gasteiger partial charge in [0.05, 0.1) is 17.5 Å². The zero-order valence-corrected chi connectivity index (χ0v) is 8.90. The van der Waals surface area contributed by atoms with Gasteiger partial charge < -0.3 is 10.5 Å². The van der Waals surface area contributed by atoms with Crippen molar-refractivity contribution in [3.63, 3.8) is 0 Å². The summed E-state index contributed by atoms with van der Waals surface area (Å²) >= 11 is 11.6. The fourth-order valence-corrected chi connectivity index (χ4v) is 1.21. The van der Waals surface area contributed by atoms with E-state index in [-0.39, 0.29) is 5.84 Å². The van der Waals surface area contributed by atoms with E-state index in [9.17, 15) is 0 Å². The van der Waals surface area contributed by atoms with Gasteiger partial charge in [0.25, 0.3) is 0 Å². The summed E-state index contributed by atoms with van der Waals surface area (Å²) in [5, 5.41) is 7.83. The predicted octanol–water partition coefficient (Wildman–Crippen LogP) is 2.70. The summed E-state index contributed by atoms with van der Waals surface area (Å²) in [6, 6.07) is 5.15. The number of nitrogens with two attached hydrogens (primary N) is 1. The second kappa shape index (κ2) is 5.08. The number of benzene rings is 1. The number of halogens is 2. The van der Waals surface area contributed by atoms with Crippen LogP contribution in [0, 0.1) is 5.41 Å². The Morgan fingerprint density at radius 3 is 2.79 bits per heavy atom. The van der Waals surface area contributed by atoms with Crippen molar-refractivity contribution >= 4 is 29.0 Å². The minimum absolute atomic E-state index is 0.0863. The number of rotatable bonds is 4. The smallest absolute Gasteiger partial charge is 0.139 e. The molecule has 0 heterocycles. The van der Waals surface area contributed by atoms with Crippen LogP contribution in [0.3, 0.4) is 0 Å². The Balaban J connectivity index is 2.59. The molecule has 0 saturated heterocycles. The van der Waals surface area contributed by atoms with Gasteiger partial charge in [-0.05, 0) is 12.1 Å². The molecule has 0 radical (unpaired) electrons. The summed E-state index contributed by atoms with van der Waals surface area (Å²) in [6.45, 7) is 0.329. The molecule has 0 saturated carbocycles. The maximum absolute atomic E-state index is 6.99. The number of ether oxygens (including phenoxy) is 1. The van der Waals surface area contributed by atoms with E-state index in [0.717, 1.165) is 0 Å². The van der Waals surface area contributed by atoms with Crippen LogP contribution >= 0.6 is 23.2 Å². The van der Waals surface area contributed by atoms with Crippen LogP contribution in [0.5, 0.6) is 5.75 Å². The van der Waals surface area contributed by atoms with Crippen LogP contribution in [0.1, 0.15) is 6.42 Å². The Bertz CT molecular complexity index is 342. The molecule has 3 N–H and O–H groups in total. The molecule has 0 unspecified atom stereocenters. The predicted molar refractivity (Wildman–Crippen MR) is 58.5 cm³/mol. The summed E-state index contributed by atoms with van der Waals surface area (Å²) in [6.07, 6.45) is 0.378. The Labute approximate surface area is 92.3 Å². The number of nitrogens with one attached hydrogen (secondary N) is 1. The van der Waals surface area contributed by atoms with Crippen molar-refractivity contribution in [1.29, 1.82) is 5.41 Å². The highest BCUT2D eigenvalue weighted by Gasteiger charge is 2.04. The van der Waals surface area contributed by atoms with Crippen LogP contribution in [0.4, 0.5) is 0 Å². The van der Waals surface area contributed by atoms with Gasteiger partial charge in [0, 0.05) is 6.42 Å². The van der Waals surface area contributed by atoms with Gasteiger partial charge >= 0.3 is 0 Å². The first-order valence-electron chi connectivity index (χ1n) is 4.01. The minimum atomic E-state index is 0.0863. The van der Waals surface area contributed by atoms with Gasteiger partial charge in [0.15, 0.2) is 0 Å². The third kappa shape index (κ3) is 3.09. The highest BCUT2D eigenvalue weighted by atomic mass is 35.5. The molecule has 0 aliphatic rings. The second-order valence-electron chi connectivity index (χ2n) is 2.68. The van der Waals surface area contributed by atoms with Gasteiger partial charge in [0.2, 0.25) is 0 Å². The Morgan fingerprint density at radius 2 is 2.14 bits per heavy atom. The average molecular weight is 233 g/mol. The van der Waals surface area contributed by atoms with Crippen LogP contribution in [-0.4, -0.2) is 12.4 Å². The molecule has 1 rings (SSSR count). The van der Waals surface area contributed by atoms with E-state index < -0.39 is 0 Å². The first-order valence-corrected chi connectivity index (χ1v) is 4.76. The topological polar surface area (TPSA) is 59.1 Å². The van der Waals surface area contributed by atoms with E-state index in [2.05, 4.69) is 0 Å².